The second-order valence-electron chi connectivity index (χ2n) is 7.69. The fourth-order valence-corrected chi connectivity index (χ4v) is 4.11. The standard InChI is InChI=1S/C21H27N3O5/c1-4-13(2)17(18(26)29-3)22-16(25)12-24-19(27)21(23-20(24)28)11-7-9-14-8-5-6-10-15(14)21/h5-6,8,10,13,17H,4,7,9,11-12H2,1-3H3,(H,22,25)(H,23,28)/t13-,17+,21-/m0/s1. The van der Waals surface area contributed by atoms with Crippen LogP contribution in [0.4, 0.5) is 4.79 Å². The van der Waals surface area contributed by atoms with Gasteiger partial charge in [-0.15, -0.1) is 0 Å². The third-order valence-corrected chi connectivity index (χ3v) is 5.94. The van der Waals surface area contributed by atoms with Crippen molar-refractivity contribution in [2.24, 2.45) is 5.92 Å². The summed E-state index contributed by atoms with van der Waals surface area (Å²) in [5.74, 6) is -1.71. The highest BCUT2D eigenvalue weighted by Crippen LogP contribution is 2.39. The number of amides is 4. The Hall–Kier alpha value is -2.90. The Morgan fingerprint density at radius 3 is 2.72 bits per heavy atom. The van der Waals surface area contributed by atoms with E-state index in [2.05, 4.69) is 10.6 Å². The molecule has 1 fully saturated rings. The first-order valence-corrected chi connectivity index (χ1v) is 9.93. The van der Waals surface area contributed by atoms with Gasteiger partial charge in [0.25, 0.3) is 5.91 Å². The number of hydrogen-bond donors (Lipinski definition) is 2. The van der Waals surface area contributed by atoms with Gasteiger partial charge in [0.1, 0.15) is 18.1 Å². The predicted octanol–water partition coefficient (Wildman–Crippen LogP) is 1.47. The molecule has 0 saturated carbocycles. The van der Waals surface area contributed by atoms with Gasteiger partial charge in [0.2, 0.25) is 5.91 Å². The Morgan fingerprint density at radius 1 is 1.31 bits per heavy atom. The Kier molecular flexibility index (Phi) is 5.91. The van der Waals surface area contributed by atoms with Crippen molar-refractivity contribution in [3.63, 3.8) is 0 Å². The molecule has 156 valence electrons. The lowest BCUT2D eigenvalue weighted by atomic mass is 9.76. The summed E-state index contributed by atoms with van der Waals surface area (Å²) < 4.78 is 4.76. The average Bonchev–Trinajstić information content (AvgIpc) is 2.96. The van der Waals surface area contributed by atoms with E-state index in [-0.39, 0.29) is 5.92 Å². The fraction of sp³-hybridized carbons (Fsp3) is 0.524. The van der Waals surface area contributed by atoms with Crippen LogP contribution in [0.5, 0.6) is 0 Å². The second-order valence-corrected chi connectivity index (χ2v) is 7.69. The molecule has 0 bridgehead atoms. The number of hydrogen-bond acceptors (Lipinski definition) is 5. The molecular formula is C21H27N3O5. The maximum atomic E-state index is 13.2. The van der Waals surface area contributed by atoms with E-state index in [1.807, 2.05) is 38.1 Å². The van der Waals surface area contributed by atoms with Crippen LogP contribution in [0.2, 0.25) is 0 Å². The lowest BCUT2D eigenvalue weighted by Gasteiger charge is -2.33. The normalized spacial score (nSPS) is 22.7. The zero-order valence-corrected chi connectivity index (χ0v) is 17.0. The molecule has 1 aromatic carbocycles. The number of esters is 1. The van der Waals surface area contributed by atoms with Gasteiger partial charge in [-0.25, -0.2) is 9.59 Å². The third-order valence-electron chi connectivity index (χ3n) is 5.94. The van der Waals surface area contributed by atoms with Gasteiger partial charge in [-0.3, -0.25) is 14.5 Å². The van der Waals surface area contributed by atoms with E-state index >= 15 is 0 Å². The van der Waals surface area contributed by atoms with Crippen molar-refractivity contribution in [2.45, 2.75) is 51.1 Å². The Labute approximate surface area is 170 Å². The molecule has 4 amide bonds. The summed E-state index contributed by atoms with van der Waals surface area (Å²) in [6.45, 7) is 3.27. The zero-order chi connectivity index (χ0) is 21.2. The summed E-state index contributed by atoms with van der Waals surface area (Å²) in [7, 11) is 1.26. The van der Waals surface area contributed by atoms with Crippen LogP contribution in [0.3, 0.4) is 0 Å². The molecule has 3 atom stereocenters. The highest BCUT2D eigenvalue weighted by atomic mass is 16.5. The molecule has 0 radical (unpaired) electrons. The minimum absolute atomic E-state index is 0.147. The zero-order valence-electron chi connectivity index (χ0n) is 17.0. The molecule has 8 nitrogen and oxygen atoms in total. The number of urea groups is 1. The molecule has 0 aromatic heterocycles. The number of carbonyl (C=O) groups is 4. The largest absolute Gasteiger partial charge is 0.467 e. The van der Waals surface area contributed by atoms with E-state index in [1.165, 1.54) is 7.11 Å². The highest BCUT2D eigenvalue weighted by molar-refractivity contribution is 6.09. The minimum Gasteiger partial charge on any atom is -0.467 e. The average molecular weight is 401 g/mol. The smallest absolute Gasteiger partial charge is 0.328 e. The second kappa shape index (κ2) is 8.23. The fourth-order valence-electron chi connectivity index (χ4n) is 4.11. The van der Waals surface area contributed by atoms with Gasteiger partial charge in [0, 0.05) is 0 Å². The molecule has 1 aromatic rings. The summed E-state index contributed by atoms with van der Waals surface area (Å²) in [4.78, 5) is 51.3. The van der Waals surface area contributed by atoms with Crippen LogP contribution in [0.15, 0.2) is 24.3 Å². The number of fused-ring (bicyclic) bond motifs is 2. The van der Waals surface area contributed by atoms with Crippen molar-refractivity contribution in [1.29, 1.82) is 0 Å². The van der Waals surface area contributed by atoms with E-state index in [0.29, 0.717) is 12.8 Å². The van der Waals surface area contributed by atoms with Crippen molar-refractivity contribution >= 4 is 23.8 Å². The van der Waals surface area contributed by atoms with Crippen LogP contribution in [0.1, 0.15) is 44.2 Å². The molecule has 2 aliphatic rings. The number of methoxy groups -OCH3 is 1. The Bertz CT molecular complexity index is 839. The molecule has 1 aliphatic heterocycles. The first-order chi connectivity index (χ1) is 13.8. The predicted molar refractivity (Wildman–Crippen MR) is 105 cm³/mol. The van der Waals surface area contributed by atoms with Crippen LogP contribution in [-0.2, 0) is 31.1 Å². The van der Waals surface area contributed by atoms with Crippen LogP contribution in [0.25, 0.3) is 0 Å². The molecule has 3 rings (SSSR count). The molecule has 1 heterocycles. The van der Waals surface area contributed by atoms with E-state index in [9.17, 15) is 19.2 Å². The number of aryl methyl sites for hydroxylation is 1. The molecule has 1 saturated heterocycles. The molecule has 0 unspecified atom stereocenters. The molecule has 8 heteroatoms. The summed E-state index contributed by atoms with van der Waals surface area (Å²) >= 11 is 0. The summed E-state index contributed by atoms with van der Waals surface area (Å²) in [5.41, 5.74) is 0.700. The number of nitrogens with one attached hydrogen (secondary N) is 2. The van der Waals surface area contributed by atoms with Crippen LogP contribution in [-0.4, -0.2) is 48.4 Å². The minimum atomic E-state index is -1.12. The molecular weight excluding hydrogens is 374 g/mol. The van der Waals surface area contributed by atoms with Crippen molar-refractivity contribution < 1.29 is 23.9 Å². The first-order valence-electron chi connectivity index (χ1n) is 9.93. The monoisotopic (exact) mass is 401 g/mol. The Balaban J connectivity index is 1.78. The summed E-state index contributed by atoms with van der Waals surface area (Å²) in [6.07, 6.45) is 2.76. The lowest BCUT2D eigenvalue weighted by Crippen LogP contribution is -2.50. The quantitative estimate of drug-likeness (QED) is 0.555. The molecule has 1 aliphatic carbocycles. The maximum absolute atomic E-state index is 13.2. The third kappa shape index (κ3) is 3.71. The van der Waals surface area contributed by atoms with Crippen molar-refractivity contribution in [1.82, 2.24) is 15.5 Å². The van der Waals surface area contributed by atoms with Gasteiger partial charge >= 0.3 is 12.0 Å². The van der Waals surface area contributed by atoms with Gasteiger partial charge in [-0.05, 0) is 36.3 Å². The van der Waals surface area contributed by atoms with Crippen molar-refractivity contribution in [3.8, 4) is 0 Å². The number of carbonyl (C=O) groups excluding carboxylic acids is 4. The van der Waals surface area contributed by atoms with Crippen molar-refractivity contribution in [3.05, 3.63) is 35.4 Å². The molecule has 29 heavy (non-hydrogen) atoms. The van der Waals surface area contributed by atoms with Crippen LogP contribution < -0.4 is 10.6 Å². The summed E-state index contributed by atoms with van der Waals surface area (Å²) in [6, 6.07) is 6.13. The van der Waals surface area contributed by atoms with E-state index < -0.39 is 41.9 Å². The van der Waals surface area contributed by atoms with Gasteiger partial charge in [-0.2, -0.15) is 0 Å². The van der Waals surface area contributed by atoms with E-state index in [1.54, 1.807) is 0 Å². The lowest BCUT2D eigenvalue weighted by molar-refractivity contribution is -0.146. The topological polar surface area (TPSA) is 105 Å². The summed E-state index contributed by atoms with van der Waals surface area (Å²) in [5, 5.41) is 5.43. The van der Waals surface area contributed by atoms with Crippen LogP contribution >= 0.6 is 0 Å². The number of benzene rings is 1. The number of rotatable bonds is 6. The van der Waals surface area contributed by atoms with Crippen molar-refractivity contribution in [2.75, 3.05) is 13.7 Å². The Morgan fingerprint density at radius 2 is 2.03 bits per heavy atom. The van der Waals surface area contributed by atoms with E-state index in [4.69, 9.17) is 4.74 Å². The SMILES string of the molecule is CC[C@H](C)[C@@H](NC(=O)CN1C(=O)N[C@]2(CCCc3ccccc32)C1=O)C(=O)OC. The number of nitrogens with zero attached hydrogens (tertiary/aromatic N) is 1. The molecule has 1 spiro atoms. The van der Waals surface area contributed by atoms with Gasteiger partial charge in [-0.1, -0.05) is 44.5 Å². The van der Waals surface area contributed by atoms with Gasteiger partial charge in [0.15, 0.2) is 0 Å². The first kappa shape index (κ1) is 20.8. The van der Waals surface area contributed by atoms with Gasteiger partial charge < -0.3 is 15.4 Å². The molecule has 2 N–H and O–H groups in total. The van der Waals surface area contributed by atoms with E-state index in [0.717, 1.165) is 28.9 Å². The number of imide groups is 1. The highest BCUT2D eigenvalue weighted by Gasteiger charge is 2.54. The maximum Gasteiger partial charge on any atom is 0.328 e. The number of ether oxygens (including phenoxy) is 1. The van der Waals surface area contributed by atoms with Crippen LogP contribution in [0, 0.1) is 5.92 Å². The van der Waals surface area contributed by atoms with Gasteiger partial charge in [0.05, 0.1) is 7.11 Å².